The second-order valence-electron chi connectivity index (χ2n) is 7.62. The predicted molar refractivity (Wildman–Crippen MR) is 89.1 cm³/mol. The number of likely N-dealkylation sites (tertiary alicyclic amines) is 1. The highest BCUT2D eigenvalue weighted by Gasteiger charge is 2.55. The van der Waals surface area contributed by atoms with E-state index in [1.54, 1.807) is 4.68 Å². The lowest BCUT2D eigenvalue weighted by atomic mass is 9.80. The Morgan fingerprint density at radius 3 is 2.72 bits per heavy atom. The van der Waals surface area contributed by atoms with Gasteiger partial charge in [0, 0.05) is 26.1 Å². The summed E-state index contributed by atoms with van der Waals surface area (Å²) >= 11 is 0. The zero-order valence-corrected chi connectivity index (χ0v) is 15.2. The molecule has 1 saturated carbocycles. The molecular weight excluding hydrogens is 320 g/mol. The van der Waals surface area contributed by atoms with E-state index in [1.165, 1.54) is 0 Å². The molecule has 1 aliphatic carbocycles. The summed E-state index contributed by atoms with van der Waals surface area (Å²) in [5.74, 6) is 1.59. The normalized spacial score (nSPS) is 25.8. The van der Waals surface area contributed by atoms with Crippen molar-refractivity contribution in [3.05, 3.63) is 23.2 Å². The van der Waals surface area contributed by atoms with Gasteiger partial charge in [0.05, 0.1) is 11.1 Å². The number of carbonyl (C=O) groups is 1. The topological polar surface area (TPSA) is 89.9 Å². The van der Waals surface area contributed by atoms with Crippen molar-refractivity contribution >= 4 is 5.91 Å². The maximum absolute atomic E-state index is 13.1. The lowest BCUT2D eigenvalue weighted by Crippen LogP contribution is -2.35. The van der Waals surface area contributed by atoms with Crippen molar-refractivity contribution in [3.63, 3.8) is 0 Å². The van der Waals surface area contributed by atoms with E-state index in [9.17, 15) is 4.79 Å². The van der Waals surface area contributed by atoms with Gasteiger partial charge in [-0.1, -0.05) is 11.6 Å². The Labute approximate surface area is 146 Å². The van der Waals surface area contributed by atoms with Gasteiger partial charge in [-0.3, -0.25) is 4.79 Å². The van der Waals surface area contributed by atoms with Gasteiger partial charge in [0.1, 0.15) is 0 Å². The van der Waals surface area contributed by atoms with Gasteiger partial charge in [-0.2, -0.15) is 0 Å². The zero-order chi connectivity index (χ0) is 17.8. The van der Waals surface area contributed by atoms with E-state index < -0.39 is 0 Å². The first-order valence-corrected chi connectivity index (χ1v) is 8.94. The van der Waals surface area contributed by atoms with Gasteiger partial charge in [0.2, 0.25) is 11.8 Å². The highest BCUT2D eigenvalue weighted by atomic mass is 16.4. The minimum absolute atomic E-state index is 0.0468. The average Bonchev–Trinajstić information content (AvgIpc) is 3.27. The summed E-state index contributed by atoms with van der Waals surface area (Å²) in [5, 5.41) is 16.6. The van der Waals surface area contributed by atoms with Crippen LogP contribution in [-0.4, -0.2) is 49.1 Å². The standard InChI is InChI=1S/C17H24N6O2/c1-10(2)23-11(3)14(19-21-23)15(24)22-8-13-6-5-7-17(13,9-22)16-20-18-12(4)25-16/h10,13H,5-9H2,1-4H3/t13-,17-/m0/s1. The van der Waals surface area contributed by atoms with Crippen LogP contribution in [0.4, 0.5) is 0 Å². The lowest BCUT2D eigenvalue weighted by molar-refractivity contribution is 0.0769. The lowest BCUT2D eigenvalue weighted by Gasteiger charge is -2.24. The molecule has 8 nitrogen and oxygen atoms in total. The molecular formula is C17H24N6O2. The SMILES string of the molecule is Cc1nnc([C@]23CCC[C@H]2CN(C(=O)c2nnn(C(C)C)c2C)C3)o1. The van der Waals surface area contributed by atoms with Gasteiger partial charge in [-0.25, -0.2) is 4.68 Å². The van der Waals surface area contributed by atoms with E-state index in [4.69, 9.17) is 4.42 Å². The fourth-order valence-electron chi connectivity index (χ4n) is 4.47. The van der Waals surface area contributed by atoms with E-state index in [0.717, 1.165) is 25.0 Å². The number of aromatic nitrogens is 5. The predicted octanol–water partition coefficient (Wildman–Crippen LogP) is 2.05. The van der Waals surface area contributed by atoms with Crippen molar-refractivity contribution in [1.82, 2.24) is 30.1 Å². The van der Waals surface area contributed by atoms with Gasteiger partial charge in [-0.05, 0) is 39.5 Å². The summed E-state index contributed by atoms with van der Waals surface area (Å²) < 4.78 is 7.57. The van der Waals surface area contributed by atoms with Crippen molar-refractivity contribution in [2.75, 3.05) is 13.1 Å². The van der Waals surface area contributed by atoms with Crippen molar-refractivity contribution in [2.24, 2.45) is 5.92 Å². The van der Waals surface area contributed by atoms with E-state index in [-0.39, 0.29) is 17.4 Å². The monoisotopic (exact) mass is 344 g/mol. The average molecular weight is 344 g/mol. The maximum atomic E-state index is 13.1. The molecule has 1 amide bonds. The molecule has 1 saturated heterocycles. The Kier molecular flexibility index (Phi) is 3.66. The molecule has 1 aliphatic heterocycles. The largest absolute Gasteiger partial charge is 0.425 e. The Bertz CT molecular complexity index is 810. The maximum Gasteiger partial charge on any atom is 0.276 e. The third-order valence-electron chi connectivity index (χ3n) is 5.73. The van der Waals surface area contributed by atoms with Crippen LogP contribution in [0, 0.1) is 19.8 Å². The van der Waals surface area contributed by atoms with Crippen LogP contribution in [0.25, 0.3) is 0 Å². The van der Waals surface area contributed by atoms with E-state index in [1.807, 2.05) is 32.6 Å². The number of rotatable bonds is 3. The number of amides is 1. The van der Waals surface area contributed by atoms with E-state index in [0.29, 0.717) is 36.5 Å². The fourth-order valence-corrected chi connectivity index (χ4v) is 4.47. The Hall–Kier alpha value is -2.25. The number of carbonyl (C=O) groups excluding carboxylic acids is 1. The number of hydrogen-bond acceptors (Lipinski definition) is 6. The summed E-state index contributed by atoms with van der Waals surface area (Å²) in [6, 6.07) is 0.180. The molecule has 2 aromatic rings. The quantitative estimate of drug-likeness (QED) is 0.846. The van der Waals surface area contributed by atoms with Crippen LogP contribution in [0.1, 0.15) is 67.1 Å². The van der Waals surface area contributed by atoms with Gasteiger partial charge < -0.3 is 9.32 Å². The van der Waals surface area contributed by atoms with Crippen molar-refractivity contribution in [3.8, 4) is 0 Å². The molecule has 4 rings (SSSR count). The smallest absolute Gasteiger partial charge is 0.276 e. The van der Waals surface area contributed by atoms with Gasteiger partial charge in [-0.15, -0.1) is 15.3 Å². The van der Waals surface area contributed by atoms with Crippen LogP contribution in [0.5, 0.6) is 0 Å². The van der Waals surface area contributed by atoms with Crippen LogP contribution in [-0.2, 0) is 5.41 Å². The van der Waals surface area contributed by atoms with Gasteiger partial charge in [0.25, 0.3) is 5.91 Å². The molecule has 2 aliphatic rings. The molecule has 134 valence electrons. The van der Waals surface area contributed by atoms with Crippen LogP contribution >= 0.6 is 0 Å². The second kappa shape index (κ2) is 5.64. The summed E-state index contributed by atoms with van der Waals surface area (Å²) in [6.45, 7) is 9.11. The Morgan fingerprint density at radius 2 is 2.08 bits per heavy atom. The third kappa shape index (κ3) is 2.38. The summed E-state index contributed by atoms with van der Waals surface area (Å²) in [5.41, 5.74) is 1.07. The van der Waals surface area contributed by atoms with Crippen LogP contribution < -0.4 is 0 Å². The summed E-state index contributed by atoms with van der Waals surface area (Å²) in [7, 11) is 0. The van der Waals surface area contributed by atoms with Crippen LogP contribution in [0.2, 0.25) is 0 Å². The molecule has 0 bridgehead atoms. The van der Waals surface area contributed by atoms with Crippen molar-refractivity contribution < 1.29 is 9.21 Å². The molecule has 0 spiro atoms. The number of fused-ring (bicyclic) bond motifs is 1. The summed E-state index contributed by atoms with van der Waals surface area (Å²) in [6.07, 6.45) is 3.21. The minimum atomic E-state index is -0.196. The van der Waals surface area contributed by atoms with E-state index >= 15 is 0 Å². The molecule has 3 heterocycles. The Balaban J connectivity index is 1.62. The van der Waals surface area contributed by atoms with Crippen LogP contribution in [0.15, 0.2) is 4.42 Å². The Morgan fingerprint density at radius 1 is 1.28 bits per heavy atom. The molecule has 2 aromatic heterocycles. The molecule has 0 unspecified atom stereocenters. The highest BCUT2D eigenvalue weighted by Crippen LogP contribution is 2.50. The van der Waals surface area contributed by atoms with Gasteiger partial charge >= 0.3 is 0 Å². The number of aryl methyl sites for hydroxylation is 1. The molecule has 0 radical (unpaired) electrons. The van der Waals surface area contributed by atoms with Crippen molar-refractivity contribution in [1.29, 1.82) is 0 Å². The zero-order valence-electron chi connectivity index (χ0n) is 15.2. The summed E-state index contributed by atoms with van der Waals surface area (Å²) in [4.78, 5) is 15.0. The molecule has 25 heavy (non-hydrogen) atoms. The number of nitrogens with zero attached hydrogens (tertiary/aromatic N) is 6. The molecule has 0 aromatic carbocycles. The third-order valence-corrected chi connectivity index (χ3v) is 5.73. The van der Waals surface area contributed by atoms with Crippen molar-refractivity contribution in [2.45, 2.75) is 58.4 Å². The number of hydrogen-bond donors (Lipinski definition) is 0. The van der Waals surface area contributed by atoms with Gasteiger partial charge in [0.15, 0.2) is 5.69 Å². The molecule has 2 fully saturated rings. The fraction of sp³-hybridized carbons (Fsp3) is 0.706. The van der Waals surface area contributed by atoms with E-state index in [2.05, 4.69) is 20.5 Å². The first-order chi connectivity index (χ1) is 11.9. The molecule has 0 N–H and O–H groups in total. The molecule has 2 atom stereocenters. The first-order valence-electron chi connectivity index (χ1n) is 8.94. The second-order valence-corrected chi connectivity index (χ2v) is 7.62. The first kappa shape index (κ1) is 16.2. The van der Waals surface area contributed by atoms with Crippen LogP contribution in [0.3, 0.4) is 0 Å². The highest BCUT2D eigenvalue weighted by molar-refractivity contribution is 5.93. The molecule has 8 heteroatoms. The minimum Gasteiger partial charge on any atom is -0.425 e.